The summed E-state index contributed by atoms with van der Waals surface area (Å²) < 4.78 is 0. The number of hydrogen-bond donors (Lipinski definition) is 1. The second-order valence-corrected chi connectivity index (χ2v) is 7.99. The van der Waals surface area contributed by atoms with Gasteiger partial charge in [-0.15, -0.1) is 0 Å². The molecule has 3 nitrogen and oxygen atoms in total. The number of allylic oxidation sites excluding steroid dienone is 2. The molecule has 3 rings (SSSR count). The molecule has 0 aromatic heterocycles. The van der Waals surface area contributed by atoms with Crippen molar-refractivity contribution in [3.63, 3.8) is 0 Å². The number of aliphatic hydroxyl groups excluding tert-OH is 1. The molecule has 1 aliphatic carbocycles. The zero-order valence-electron chi connectivity index (χ0n) is 15.1. The van der Waals surface area contributed by atoms with Crippen LogP contribution in [0.5, 0.6) is 0 Å². The molecule has 1 aliphatic heterocycles. The number of ketones is 1. The third-order valence-corrected chi connectivity index (χ3v) is 5.55. The Labute approximate surface area is 144 Å². The van der Waals surface area contributed by atoms with Crippen molar-refractivity contribution in [2.75, 3.05) is 0 Å². The van der Waals surface area contributed by atoms with Crippen LogP contribution >= 0.6 is 0 Å². The largest absolute Gasteiger partial charge is 0.511 e. The summed E-state index contributed by atoms with van der Waals surface area (Å²) in [7, 11) is 0. The third kappa shape index (κ3) is 2.81. The van der Waals surface area contributed by atoms with Crippen LogP contribution in [0.15, 0.2) is 40.6 Å². The molecule has 0 atom stereocenters. The first-order chi connectivity index (χ1) is 11.3. The fraction of sp³-hybridized carbons (Fsp3) is 0.524. The Morgan fingerprint density at radius 3 is 2.38 bits per heavy atom. The van der Waals surface area contributed by atoms with E-state index in [-0.39, 0.29) is 22.5 Å². The van der Waals surface area contributed by atoms with Crippen LogP contribution in [-0.2, 0) is 11.2 Å². The summed E-state index contributed by atoms with van der Waals surface area (Å²) in [6.07, 6.45) is 3.73. The van der Waals surface area contributed by atoms with Gasteiger partial charge in [0.15, 0.2) is 5.78 Å². The Morgan fingerprint density at radius 1 is 1.08 bits per heavy atom. The second-order valence-electron chi connectivity index (χ2n) is 7.99. The molecule has 0 unspecified atom stereocenters. The maximum Gasteiger partial charge on any atom is 0.168 e. The van der Waals surface area contributed by atoms with Crippen LogP contribution in [0.2, 0.25) is 0 Å². The highest BCUT2D eigenvalue weighted by Crippen LogP contribution is 2.40. The Bertz CT molecular complexity index is 736. The quantitative estimate of drug-likeness (QED) is 0.868. The molecule has 128 valence electrons. The van der Waals surface area contributed by atoms with Gasteiger partial charge >= 0.3 is 0 Å². The lowest BCUT2D eigenvalue weighted by molar-refractivity contribution is -0.117. The highest BCUT2D eigenvalue weighted by Gasteiger charge is 2.39. The second kappa shape index (κ2) is 5.87. The van der Waals surface area contributed by atoms with Crippen LogP contribution in [0.4, 0.5) is 0 Å². The lowest BCUT2D eigenvalue weighted by atomic mass is 9.73. The Kier molecular flexibility index (Phi) is 4.15. The average Bonchev–Trinajstić information content (AvgIpc) is 2.52. The van der Waals surface area contributed by atoms with E-state index in [4.69, 9.17) is 4.99 Å². The van der Waals surface area contributed by atoms with E-state index in [0.717, 1.165) is 24.8 Å². The van der Waals surface area contributed by atoms with Crippen molar-refractivity contribution < 1.29 is 9.90 Å². The van der Waals surface area contributed by atoms with Crippen molar-refractivity contribution in [1.29, 1.82) is 0 Å². The minimum absolute atomic E-state index is 0.0142. The van der Waals surface area contributed by atoms with Gasteiger partial charge in [-0.1, -0.05) is 52.0 Å². The van der Waals surface area contributed by atoms with Crippen molar-refractivity contribution in [1.82, 2.24) is 0 Å². The molecule has 3 heteroatoms. The van der Waals surface area contributed by atoms with Crippen LogP contribution in [0.1, 0.15) is 64.5 Å². The molecule has 0 saturated carbocycles. The summed E-state index contributed by atoms with van der Waals surface area (Å²) in [4.78, 5) is 17.9. The summed E-state index contributed by atoms with van der Waals surface area (Å²) in [5, 5.41) is 10.6. The SMILES string of the molecule is CCC1(CC)Cc2ccccc2C(C2=C(O)CC(C)(C)CC2=O)=N1. The van der Waals surface area contributed by atoms with Gasteiger partial charge in [-0.05, 0) is 30.2 Å². The molecule has 0 bridgehead atoms. The molecule has 0 amide bonds. The van der Waals surface area contributed by atoms with Gasteiger partial charge in [0.2, 0.25) is 0 Å². The van der Waals surface area contributed by atoms with Crippen molar-refractivity contribution in [3.05, 3.63) is 46.7 Å². The third-order valence-electron chi connectivity index (χ3n) is 5.55. The number of benzene rings is 1. The van der Waals surface area contributed by atoms with Crippen LogP contribution in [0.3, 0.4) is 0 Å². The lowest BCUT2D eigenvalue weighted by Crippen LogP contribution is -2.37. The van der Waals surface area contributed by atoms with Crippen molar-refractivity contribution in [2.45, 2.75) is 65.3 Å². The molecule has 0 radical (unpaired) electrons. The van der Waals surface area contributed by atoms with Crippen LogP contribution in [0.25, 0.3) is 0 Å². The minimum Gasteiger partial charge on any atom is -0.511 e. The summed E-state index contributed by atoms with van der Waals surface area (Å²) in [5.41, 5.74) is 3.02. The first-order valence-electron chi connectivity index (χ1n) is 8.94. The topological polar surface area (TPSA) is 49.7 Å². The lowest BCUT2D eigenvalue weighted by Gasteiger charge is -2.36. The maximum atomic E-state index is 12.8. The molecular formula is C21H27NO2. The summed E-state index contributed by atoms with van der Waals surface area (Å²) in [5.74, 6) is 0.216. The first kappa shape index (κ1) is 16.9. The van der Waals surface area contributed by atoms with E-state index in [1.54, 1.807) is 0 Å². The number of aliphatic hydroxyl groups is 1. The normalized spacial score (nSPS) is 22.2. The Morgan fingerprint density at radius 2 is 1.75 bits per heavy atom. The zero-order chi connectivity index (χ0) is 17.5. The highest BCUT2D eigenvalue weighted by molar-refractivity contribution is 6.30. The number of carbonyl (C=O) groups is 1. The van der Waals surface area contributed by atoms with Crippen molar-refractivity contribution in [3.8, 4) is 0 Å². The number of hydrogen-bond acceptors (Lipinski definition) is 3. The number of nitrogens with zero attached hydrogens (tertiary/aromatic N) is 1. The molecule has 1 N–H and O–H groups in total. The molecule has 1 aromatic carbocycles. The van der Waals surface area contributed by atoms with Crippen molar-refractivity contribution in [2.24, 2.45) is 10.4 Å². The first-order valence-corrected chi connectivity index (χ1v) is 8.94. The molecule has 1 aromatic rings. The number of fused-ring (bicyclic) bond motifs is 1. The Balaban J connectivity index is 2.20. The molecule has 24 heavy (non-hydrogen) atoms. The van der Waals surface area contributed by atoms with E-state index in [1.807, 2.05) is 32.0 Å². The van der Waals surface area contributed by atoms with Crippen LogP contribution in [0, 0.1) is 5.41 Å². The van der Waals surface area contributed by atoms with Gasteiger partial charge in [-0.2, -0.15) is 0 Å². The van der Waals surface area contributed by atoms with E-state index in [9.17, 15) is 9.90 Å². The van der Waals surface area contributed by atoms with E-state index >= 15 is 0 Å². The fourth-order valence-electron chi connectivity index (χ4n) is 4.00. The average molecular weight is 325 g/mol. The maximum absolute atomic E-state index is 12.8. The molecule has 0 fully saturated rings. The van der Waals surface area contributed by atoms with E-state index in [1.165, 1.54) is 5.56 Å². The van der Waals surface area contributed by atoms with Gasteiger partial charge in [0.05, 0.1) is 16.8 Å². The molecule has 0 spiro atoms. The number of aliphatic imine (C=N–C) groups is 1. The molecular weight excluding hydrogens is 298 g/mol. The minimum atomic E-state index is -0.188. The predicted octanol–water partition coefficient (Wildman–Crippen LogP) is 4.79. The van der Waals surface area contributed by atoms with Crippen LogP contribution < -0.4 is 0 Å². The van der Waals surface area contributed by atoms with Gasteiger partial charge in [0.1, 0.15) is 5.76 Å². The van der Waals surface area contributed by atoms with Gasteiger partial charge in [0, 0.05) is 18.4 Å². The van der Waals surface area contributed by atoms with E-state index in [0.29, 0.717) is 24.1 Å². The van der Waals surface area contributed by atoms with E-state index in [2.05, 4.69) is 19.9 Å². The molecule has 0 saturated heterocycles. The number of carbonyl (C=O) groups excluding carboxylic acids is 1. The number of rotatable bonds is 3. The fourth-order valence-corrected chi connectivity index (χ4v) is 4.00. The monoisotopic (exact) mass is 325 g/mol. The van der Waals surface area contributed by atoms with Gasteiger partial charge in [-0.25, -0.2) is 0 Å². The summed E-state index contributed by atoms with van der Waals surface area (Å²) >= 11 is 0. The standard InChI is InChI=1S/C21H27NO2/c1-5-21(6-2)11-14-9-7-8-10-15(14)19(22-21)18-16(23)12-20(3,4)13-17(18)24/h7-10,23H,5-6,11-13H2,1-4H3. The van der Waals surface area contributed by atoms with Gasteiger partial charge in [0.25, 0.3) is 0 Å². The summed E-state index contributed by atoms with van der Waals surface area (Å²) in [6.45, 7) is 8.35. The predicted molar refractivity (Wildman–Crippen MR) is 97.7 cm³/mol. The van der Waals surface area contributed by atoms with Gasteiger partial charge in [-0.3, -0.25) is 9.79 Å². The smallest absolute Gasteiger partial charge is 0.168 e. The number of Topliss-reactive ketones (excluding diaryl/α,β-unsaturated/α-hetero) is 1. The molecule has 1 heterocycles. The molecule has 2 aliphatic rings. The van der Waals surface area contributed by atoms with E-state index < -0.39 is 0 Å². The van der Waals surface area contributed by atoms with Crippen molar-refractivity contribution >= 4 is 11.5 Å². The summed E-state index contributed by atoms with van der Waals surface area (Å²) in [6, 6.07) is 8.17. The van der Waals surface area contributed by atoms with Crippen LogP contribution in [-0.4, -0.2) is 22.1 Å². The Hall–Kier alpha value is -1.90. The van der Waals surface area contributed by atoms with Gasteiger partial charge < -0.3 is 5.11 Å². The zero-order valence-corrected chi connectivity index (χ0v) is 15.1. The highest BCUT2D eigenvalue weighted by atomic mass is 16.3.